The van der Waals surface area contributed by atoms with E-state index in [-0.39, 0.29) is 23.5 Å². The number of morpholine rings is 1. The number of benzene rings is 1. The molecular weight excluding hydrogens is 300 g/mol. The Morgan fingerprint density at radius 3 is 2.50 bits per heavy atom. The maximum Gasteiger partial charge on any atom is 0.251 e. The highest BCUT2D eigenvalue weighted by Gasteiger charge is 2.46. The smallest absolute Gasteiger partial charge is 0.251 e. The third-order valence-electron chi connectivity index (χ3n) is 5.45. The number of rotatable bonds is 4. The molecule has 4 heteroatoms. The van der Waals surface area contributed by atoms with Crippen LogP contribution in [-0.4, -0.2) is 60.6 Å². The summed E-state index contributed by atoms with van der Waals surface area (Å²) in [4.78, 5) is 16.7. The van der Waals surface area contributed by atoms with Gasteiger partial charge in [-0.3, -0.25) is 4.79 Å². The fourth-order valence-corrected chi connectivity index (χ4v) is 3.90. The van der Waals surface area contributed by atoms with Crippen LogP contribution in [0.5, 0.6) is 0 Å². The van der Waals surface area contributed by atoms with Gasteiger partial charge in [0.2, 0.25) is 0 Å². The molecule has 2 heterocycles. The highest BCUT2D eigenvalue weighted by Crippen LogP contribution is 2.34. The van der Waals surface area contributed by atoms with Gasteiger partial charge in [-0.25, -0.2) is 0 Å². The van der Waals surface area contributed by atoms with Crippen LogP contribution < -0.4 is 0 Å². The zero-order chi connectivity index (χ0) is 17.2. The quantitative estimate of drug-likeness (QED) is 0.851. The molecular formula is C20H30N2O2. The average Bonchev–Trinajstić information content (AvgIpc) is 2.58. The fourth-order valence-electron chi connectivity index (χ4n) is 3.90. The second-order valence-electron chi connectivity index (χ2n) is 7.74. The Balaban J connectivity index is 1.55. The van der Waals surface area contributed by atoms with Crippen molar-refractivity contribution < 1.29 is 9.53 Å². The molecule has 2 fully saturated rings. The molecule has 1 amide bonds. The molecule has 2 aliphatic rings. The number of ether oxygens (including phenoxy) is 1. The molecule has 1 atom stereocenters. The summed E-state index contributed by atoms with van der Waals surface area (Å²) < 4.78 is 6.35. The monoisotopic (exact) mass is 330 g/mol. The topological polar surface area (TPSA) is 32.8 Å². The summed E-state index contributed by atoms with van der Waals surface area (Å²) >= 11 is 0. The fraction of sp³-hybridized carbons (Fsp3) is 0.650. The zero-order valence-corrected chi connectivity index (χ0v) is 15.2. The molecule has 24 heavy (non-hydrogen) atoms. The molecule has 3 rings (SSSR count). The van der Waals surface area contributed by atoms with Gasteiger partial charge in [0, 0.05) is 33.2 Å². The minimum atomic E-state index is -0.278. The second kappa shape index (κ2) is 7.24. The van der Waals surface area contributed by atoms with Gasteiger partial charge in [0.1, 0.15) is 6.10 Å². The number of hydrogen-bond donors (Lipinski definition) is 0. The van der Waals surface area contributed by atoms with Crippen molar-refractivity contribution in [3.05, 3.63) is 35.9 Å². The second-order valence-corrected chi connectivity index (χ2v) is 7.74. The van der Waals surface area contributed by atoms with Gasteiger partial charge >= 0.3 is 0 Å². The van der Waals surface area contributed by atoms with Crippen molar-refractivity contribution >= 4 is 5.91 Å². The Kier molecular flexibility index (Phi) is 5.26. The van der Waals surface area contributed by atoms with E-state index in [9.17, 15) is 4.79 Å². The predicted molar refractivity (Wildman–Crippen MR) is 95.9 cm³/mol. The molecule has 0 bridgehead atoms. The number of likely N-dealkylation sites (tertiary alicyclic amines) is 1. The molecule has 1 aromatic rings. The highest BCUT2D eigenvalue weighted by molar-refractivity contribution is 5.81. The molecule has 1 aromatic carbocycles. The van der Waals surface area contributed by atoms with E-state index in [0.29, 0.717) is 0 Å². The summed E-state index contributed by atoms with van der Waals surface area (Å²) in [6.07, 6.45) is 2.85. The molecule has 132 valence electrons. The van der Waals surface area contributed by atoms with Crippen LogP contribution in [0.3, 0.4) is 0 Å². The van der Waals surface area contributed by atoms with E-state index in [2.05, 4.69) is 49.1 Å². The third kappa shape index (κ3) is 3.81. The van der Waals surface area contributed by atoms with Crippen molar-refractivity contribution in [1.29, 1.82) is 0 Å². The summed E-state index contributed by atoms with van der Waals surface area (Å²) in [5.41, 5.74) is 1.26. The Morgan fingerprint density at radius 1 is 1.21 bits per heavy atom. The normalized spacial score (nSPS) is 24.8. The Bertz CT molecular complexity index is 550. The molecule has 2 saturated heterocycles. The number of carbonyl (C=O) groups is 1. The number of nitrogens with zero attached hydrogens (tertiary/aromatic N) is 2. The van der Waals surface area contributed by atoms with Crippen LogP contribution in [0.4, 0.5) is 0 Å². The first-order valence-electron chi connectivity index (χ1n) is 9.18. The minimum absolute atomic E-state index is 0.138. The summed E-state index contributed by atoms with van der Waals surface area (Å²) in [5.74, 6) is 0.371. The summed E-state index contributed by atoms with van der Waals surface area (Å²) in [6, 6.07) is 10.7. The average molecular weight is 330 g/mol. The van der Waals surface area contributed by atoms with E-state index in [1.165, 1.54) is 5.56 Å². The largest absolute Gasteiger partial charge is 0.360 e. The van der Waals surface area contributed by atoms with Crippen molar-refractivity contribution in [2.45, 2.75) is 44.8 Å². The van der Waals surface area contributed by atoms with Gasteiger partial charge in [0.25, 0.3) is 5.91 Å². The molecule has 0 saturated carbocycles. The summed E-state index contributed by atoms with van der Waals surface area (Å²) in [5, 5.41) is 0. The molecule has 1 spiro atoms. The lowest BCUT2D eigenvalue weighted by Crippen LogP contribution is -2.62. The van der Waals surface area contributed by atoms with Crippen LogP contribution in [0.25, 0.3) is 0 Å². The first-order valence-corrected chi connectivity index (χ1v) is 9.18. The van der Waals surface area contributed by atoms with Crippen molar-refractivity contribution in [2.24, 2.45) is 5.92 Å². The van der Waals surface area contributed by atoms with Gasteiger partial charge in [0.15, 0.2) is 0 Å². The van der Waals surface area contributed by atoms with Crippen molar-refractivity contribution in [1.82, 2.24) is 9.80 Å². The van der Waals surface area contributed by atoms with Crippen molar-refractivity contribution in [3.63, 3.8) is 0 Å². The van der Waals surface area contributed by atoms with Crippen LogP contribution in [0.2, 0.25) is 0 Å². The van der Waals surface area contributed by atoms with E-state index in [1.54, 1.807) is 0 Å². The maximum atomic E-state index is 12.3. The number of carbonyl (C=O) groups excluding carboxylic acids is 1. The molecule has 0 aromatic heterocycles. The van der Waals surface area contributed by atoms with E-state index < -0.39 is 0 Å². The van der Waals surface area contributed by atoms with Crippen LogP contribution in [-0.2, 0) is 16.0 Å². The van der Waals surface area contributed by atoms with E-state index >= 15 is 0 Å². The van der Waals surface area contributed by atoms with Gasteiger partial charge in [-0.1, -0.05) is 44.2 Å². The van der Waals surface area contributed by atoms with Crippen molar-refractivity contribution in [3.8, 4) is 0 Å². The number of hydrogen-bond acceptors (Lipinski definition) is 3. The first kappa shape index (κ1) is 17.4. The van der Waals surface area contributed by atoms with Gasteiger partial charge in [-0.05, 0) is 30.7 Å². The predicted octanol–water partition coefficient (Wildman–Crippen LogP) is 2.58. The van der Waals surface area contributed by atoms with E-state index in [1.807, 2.05) is 11.9 Å². The SMILES string of the molecule is CC(C)C1OC2(CCN(CCc3ccccc3)CC2)CN(C)C1=O. The van der Waals surface area contributed by atoms with Crippen LogP contribution in [0, 0.1) is 5.92 Å². The Hall–Kier alpha value is -1.39. The summed E-state index contributed by atoms with van der Waals surface area (Å²) in [7, 11) is 1.92. The number of amides is 1. The lowest BCUT2D eigenvalue weighted by Gasteiger charge is -2.49. The lowest BCUT2D eigenvalue weighted by molar-refractivity contribution is -0.197. The molecule has 0 radical (unpaired) electrons. The zero-order valence-electron chi connectivity index (χ0n) is 15.2. The van der Waals surface area contributed by atoms with Gasteiger partial charge in [0.05, 0.1) is 5.60 Å². The van der Waals surface area contributed by atoms with Crippen LogP contribution in [0.1, 0.15) is 32.3 Å². The molecule has 1 unspecified atom stereocenters. The number of likely N-dealkylation sites (N-methyl/N-ethyl adjacent to an activating group) is 1. The molecule has 4 nitrogen and oxygen atoms in total. The van der Waals surface area contributed by atoms with E-state index in [4.69, 9.17) is 4.74 Å². The number of piperidine rings is 1. The van der Waals surface area contributed by atoms with Crippen LogP contribution >= 0.6 is 0 Å². The first-order chi connectivity index (χ1) is 11.5. The molecule has 0 aliphatic carbocycles. The van der Waals surface area contributed by atoms with Gasteiger partial charge in [-0.15, -0.1) is 0 Å². The van der Waals surface area contributed by atoms with Crippen molar-refractivity contribution in [2.75, 3.05) is 33.2 Å². The molecule has 2 aliphatic heterocycles. The third-order valence-corrected chi connectivity index (χ3v) is 5.45. The van der Waals surface area contributed by atoms with Crippen LogP contribution in [0.15, 0.2) is 30.3 Å². The summed E-state index contributed by atoms with van der Waals surface area (Å²) in [6.45, 7) is 8.10. The maximum absolute atomic E-state index is 12.3. The van der Waals surface area contributed by atoms with Gasteiger partial charge in [-0.2, -0.15) is 0 Å². The van der Waals surface area contributed by atoms with E-state index in [0.717, 1.165) is 45.4 Å². The molecule has 0 N–H and O–H groups in total. The lowest BCUT2D eigenvalue weighted by atomic mass is 9.87. The Morgan fingerprint density at radius 2 is 1.88 bits per heavy atom. The minimum Gasteiger partial charge on any atom is -0.360 e. The Labute approximate surface area is 145 Å². The standard InChI is InChI=1S/C20H30N2O2/c1-16(2)18-19(23)21(3)15-20(24-18)10-13-22(14-11-20)12-9-17-7-5-4-6-8-17/h4-8,16,18H,9-15H2,1-3H3. The van der Waals surface area contributed by atoms with Gasteiger partial charge < -0.3 is 14.5 Å². The highest BCUT2D eigenvalue weighted by atomic mass is 16.5.